The van der Waals surface area contributed by atoms with Crippen LogP contribution in [0.3, 0.4) is 0 Å². The lowest BCUT2D eigenvalue weighted by molar-refractivity contribution is 0.360. The number of nitrogens with zero attached hydrogens (tertiary/aromatic N) is 1. The Hall–Kier alpha value is -0.830. The van der Waals surface area contributed by atoms with Crippen molar-refractivity contribution < 1.29 is 4.52 Å². The molecule has 3 heteroatoms. The van der Waals surface area contributed by atoms with Crippen LogP contribution in [0, 0.1) is 19.3 Å². The number of hydrogen-bond acceptors (Lipinski definition) is 3. The summed E-state index contributed by atoms with van der Waals surface area (Å²) >= 11 is 0. The van der Waals surface area contributed by atoms with Gasteiger partial charge in [-0.15, -0.1) is 0 Å². The van der Waals surface area contributed by atoms with E-state index in [-0.39, 0.29) is 0 Å². The van der Waals surface area contributed by atoms with Crippen LogP contribution in [0.2, 0.25) is 0 Å². The second kappa shape index (κ2) is 5.48. The Bertz CT molecular complexity index is 304. The standard InChI is InChI=1S/C13H24N2O/c1-10-12(11(2)16-15-10)9-14-8-6-7-13(3,4)5/h14H,6-9H2,1-5H3. The lowest BCUT2D eigenvalue weighted by Gasteiger charge is -2.17. The molecule has 0 atom stereocenters. The maximum atomic E-state index is 5.12. The normalized spacial score (nSPS) is 12.1. The molecule has 1 aromatic rings. The molecule has 0 spiro atoms. The van der Waals surface area contributed by atoms with Crippen LogP contribution < -0.4 is 5.32 Å². The monoisotopic (exact) mass is 224 g/mol. The summed E-state index contributed by atoms with van der Waals surface area (Å²) in [6, 6.07) is 0. The number of nitrogens with one attached hydrogen (secondary N) is 1. The average molecular weight is 224 g/mol. The lowest BCUT2D eigenvalue weighted by Crippen LogP contribution is -2.17. The first-order valence-electron chi connectivity index (χ1n) is 6.02. The number of aromatic nitrogens is 1. The van der Waals surface area contributed by atoms with Crippen molar-refractivity contribution in [3.63, 3.8) is 0 Å². The molecule has 0 aliphatic carbocycles. The minimum Gasteiger partial charge on any atom is -0.361 e. The molecule has 0 aliphatic rings. The van der Waals surface area contributed by atoms with Crippen LogP contribution in [-0.2, 0) is 6.54 Å². The summed E-state index contributed by atoms with van der Waals surface area (Å²) < 4.78 is 5.12. The molecule has 0 aromatic carbocycles. The van der Waals surface area contributed by atoms with Gasteiger partial charge in [0.1, 0.15) is 5.76 Å². The molecule has 1 aromatic heterocycles. The van der Waals surface area contributed by atoms with Gasteiger partial charge in [0.25, 0.3) is 0 Å². The summed E-state index contributed by atoms with van der Waals surface area (Å²) in [4.78, 5) is 0. The largest absolute Gasteiger partial charge is 0.361 e. The molecular formula is C13H24N2O. The Morgan fingerprint density at radius 1 is 1.25 bits per heavy atom. The van der Waals surface area contributed by atoms with E-state index < -0.39 is 0 Å². The van der Waals surface area contributed by atoms with Crippen LogP contribution in [0.15, 0.2) is 4.52 Å². The van der Waals surface area contributed by atoms with Crippen molar-refractivity contribution >= 4 is 0 Å². The fourth-order valence-electron chi connectivity index (χ4n) is 1.71. The molecule has 92 valence electrons. The maximum Gasteiger partial charge on any atom is 0.138 e. The predicted octanol–water partition coefficient (Wildman–Crippen LogP) is 3.21. The average Bonchev–Trinajstić information content (AvgIpc) is 2.46. The van der Waals surface area contributed by atoms with Gasteiger partial charge >= 0.3 is 0 Å². The van der Waals surface area contributed by atoms with Crippen molar-refractivity contribution in [3.8, 4) is 0 Å². The molecule has 0 amide bonds. The SMILES string of the molecule is Cc1noc(C)c1CNCCCC(C)(C)C. The van der Waals surface area contributed by atoms with Gasteiger partial charge in [-0.05, 0) is 38.6 Å². The highest BCUT2D eigenvalue weighted by molar-refractivity contribution is 5.20. The van der Waals surface area contributed by atoms with E-state index in [0.29, 0.717) is 5.41 Å². The van der Waals surface area contributed by atoms with Crippen molar-refractivity contribution in [2.24, 2.45) is 5.41 Å². The van der Waals surface area contributed by atoms with E-state index in [9.17, 15) is 0 Å². The maximum absolute atomic E-state index is 5.12. The summed E-state index contributed by atoms with van der Waals surface area (Å²) in [6.45, 7) is 12.7. The Balaban J connectivity index is 2.22. The molecule has 1 heterocycles. The summed E-state index contributed by atoms with van der Waals surface area (Å²) in [5.41, 5.74) is 2.64. The van der Waals surface area contributed by atoms with Gasteiger partial charge in [-0.2, -0.15) is 0 Å². The molecule has 0 saturated carbocycles. The summed E-state index contributed by atoms with van der Waals surface area (Å²) in [6.07, 6.45) is 2.47. The van der Waals surface area contributed by atoms with Gasteiger partial charge in [0.05, 0.1) is 5.69 Å². The Labute approximate surface area is 98.6 Å². The van der Waals surface area contributed by atoms with E-state index in [1.807, 2.05) is 13.8 Å². The minimum atomic E-state index is 0.435. The van der Waals surface area contributed by atoms with Gasteiger partial charge in [0.15, 0.2) is 0 Å². The van der Waals surface area contributed by atoms with Crippen LogP contribution in [-0.4, -0.2) is 11.7 Å². The van der Waals surface area contributed by atoms with Crippen molar-refractivity contribution in [1.29, 1.82) is 0 Å². The van der Waals surface area contributed by atoms with E-state index in [0.717, 1.165) is 24.5 Å². The molecular weight excluding hydrogens is 200 g/mol. The fourth-order valence-corrected chi connectivity index (χ4v) is 1.71. The van der Waals surface area contributed by atoms with E-state index in [2.05, 4.69) is 31.2 Å². The zero-order chi connectivity index (χ0) is 12.2. The Morgan fingerprint density at radius 2 is 1.94 bits per heavy atom. The number of aryl methyl sites for hydroxylation is 2. The van der Waals surface area contributed by atoms with Crippen LogP contribution in [0.25, 0.3) is 0 Å². The zero-order valence-electron chi connectivity index (χ0n) is 11.2. The zero-order valence-corrected chi connectivity index (χ0v) is 11.2. The molecule has 1 N–H and O–H groups in total. The van der Waals surface area contributed by atoms with Crippen molar-refractivity contribution in [2.75, 3.05) is 6.54 Å². The number of hydrogen-bond donors (Lipinski definition) is 1. The molecule has 0 radical (unpaired) electrons. The number of rotatable bonds is 5. The van der Waals surface area contributed by atoms with Crippen LogP contribution in [0.5, 0.6) is 0 Å². The highest BCUT2D eigenvalue weighted by atomic mass is 16.5. The molecule has 1 rings (SSSR count). The topological polar surface area (TPSA) is 38.1 Å². The minimum absolute atomic E-state index is 0.435. The molecule has 0 bridgehead atoms. The second-order valence-corrected chi connectivity index (χ2v) is 5.64. The molecule has 0 unspecified atom stereocenters. The summed E-state index contributed by atoms with van der Waals surface area (Å²) in [5.74, 6) is 0.931. The van der Waals surface area contributed by atoms with E-state index in [1.54, 1.807) is 0 Å². The molecule has 0 aliphatic heterocycles. The highest BCUT2D eigenvalue weighted by Crippen LogP contribution is 2.20. The second-order valence-electron chi connectivity index (χ2n) is 5.64. The first kappa shape index (κ1) is 13.2. The smallest absolute Gasteiger partial charge is 0.138 e. The Morgan fingerprint density at radius 3 is 2.44 bits per heavy atom. The predicted molar refractivity (Wildman–Crippen MR) is 66.4 cm³/mol. The first-order chi connectivity index (χ1) is 7.40. The van der Waals surface area contributed by atoms with Gasteiger partial charge in [0.2, 0.25) is 0 Å². The third-order valence-corrected chi connectivity index (χ3v) is 2.76. The molecule has 3 nitrogen and oxygen atoms in total. The van der Waals surface area contributed by atoms with Gasteiger partial charge < -0.3 is 9.84 Å². The fraction of sp³-hybridized carbons (Fsp3) is 0.769. The first-order valence-corrected chi connectivity index (χ1v) is 6.02. The van der Waals surface area contributed by atoms with Crippen LogP contribution in [0.4, 0.5) is 0 Å². The van der Waals surface area contributed by atoms with Crippen molar-refractivity contribution in [1.82, 2.24) is 10.5 Å². The van der Waals surface area contributed by atoms with Crippen LogP contribution in [0.1, 0.15) is 50.6 Å². The van der Waals surface area contributed by atoms with E-state index >= 15 is 0 Å². The summed E-state index contributed by atoms with van der Waals surface area (Å²) in [7, 11) is 0. The third-order valence-electron chi connectivity index (χ3n) is 2.76. The van der Waals surface area contributed by atoms with Gasteiger partial charge in [0, 0.05) is 12.1 Å². The van der Waals surface area contributed by atoms with Crippen LogP contribution >= 0.6 is 0 Å². The molecule has 16 heavy (non-hydrogen) atoms. The van der Waals surface area contributed by atoms with Crippen molar-refractivity contribution in [3.05, 3.63) is 17.0 Å². The lowest BCUT2D eigenvalue weighted by atomic mass is 9.91. The Kier molecular flexibility index (Phi) is 4.54. The van der Waals surface area contributed by atoms with Gasteiger partial charge in [-0.3, -0.25) is 0 Å². The van der Waals surface area contributed by atoms with E-state index in [1.165, 1.54) is 18.4 Å². The van der Waals surface area contributed by atoms with Gasteiger partial charge in [-0.1, -0.05) is 25.9 Å². The van der Waals surface area contributed by atoms with Crippen molar-refractivity contribution in [2.45, 2.75) is 54.0 Å². The summed E-state index contributed by atoms with van der Waals surface area (Å²) in [5, 5.41) is 7.38. The molecule has 0 fully saturated rings. The van der Waals surface area contributed by atoms with E-state index in [4.69, 9.17) is 4.52 Å². The third kappa shape index (κ3) is 4.35. The van der Waals surface area contributed by atoms with Gasteiger partial charge in [-0.25, -0.2) is 0 Å². The highest BCUT2D eigenvalue weighted by Gasteiger charge is 2.10. The quantitative estimate of drug-likeness (QED) is 0.780. The molecule has 0 saturated heterocycles.